The Morgan fingerprint density at radius 3 is 2.16 bits per heavy atom. The molecule has 0 aliphatic rings. The molecule has 0 aliphatic heterocycles. The van der Waals surface area contributed by atoms with Crippen LogP contribution in [0.2, 0.25) is 0 Å². The van der Waals surface area contributed by atoms with Gasteiger partial charge in [-0.25, -0.2) is 4.79 Å². The summed E-state index contributed by atoms with van der Waals surface area (Å²) in [4.78, 5) is 22.1. The fourth-order valence-electron chi connectivity index (χ4n) is 1.59. The van der Waals surface area contributed by atoms with E-state index in [4.69, 9.17) is 9.66 Å². The van der Waals surface area contributed by atoms with E-state index >= 15 is 0 Å². The molecule has 0 saturated heterocycles. The summed E-state index contributed by atoms with van der Waals surface area (Å²) in [6.45, 7) is 0. The van der Waals surface area contributed by atoms with Gasteiger partial charge in [0.25, 0.3) is 15.7 Å². The van der Waals surface area contributed by atoms with E-state index < -0.39 is 21.6 Å². The van der Waals surface area contributed by atoms with Gasteiger partial charge in [0.1, 0.15) is 0 Å². The van der Waals surface area contributed by atoms with Gasteiger partial charge in [0.15, 0.2) is 5.69 Å². The third kappa shape index (κ3) is 2.41. The van der Waals surface area contributed by atoms with Gasteiger partial charge < -0.3 is 5.11 Å². The number of rotatable bonds is 3. The molecular formula is C10H8N2O6S. The minimum atomic E-state index is -4.34. The molecule has 0 atom stereocenters. The molecule has 0 bridgehead atoms. The number of carbonyl (C=O) groups is 1. The molecule has 1 heterocycles. The van der Waals surface area contributed by atoms with E-state index in [0.717, 1.165) is 12.1 Å². The molecule has 8 nitrogen and oxygen atoms in total. The van der Waals surface area contributed by atoms with Crippen molar-refractivity contribution in [3.8, 4) is 11.1 Å². The molecule has 0 fully saturated rings. The fourth-order valence-corrected chi connectivity index (χ4v) is 2.07. The lowest BCUT2D eigenvalue weighted by Gasteiger charge is -2.00. The molecule has 100 valence electrons. The van der Waals surface area contributed by atoms with Gasteiger partial charge in [-0.05, 0) is 17.7 Å². The predicted molar refractivity (Wildman–Crippen MR) is 63.6 cm³/mol. The number of aromatic carboxylic acids is 1. The van der Waals surface area contributed by atoms with Crippen molar-refractivity contribution in [2.24, 2.45) is 0 Å². The van der Waals surface area contributed by atoms with Crippen LogP contribution in [0.1, 0.15) is 10.5 Å². The van der Waals surface area contributed by atoms with E-state index in [2.05, 4.69) is 10.2 Å². The van der Waals surface area contributed by atoms with E-state index in [1.54, 1.807) is 0 Å². The third-order valence-electron chi connectivity index (χ3n) is 2.43. The van der Waals surface area contributed by atoms with Crippen molar-refractivity contribution >= 4 is 16.1 Å². The van der Waals surface area contributed by atoms with Crippen LogP contribution in [0.25, 0.3) is 11.1 Å². The Morgan fingerprint density at radius 1 is 1.11 bits per heavy atom. The van der Waals surface area contributed by atoms with Crippen molar-refractivity contribution in [2.75, 3.05) is 0 Å². The zero-order valence-corrected chi connectivity index (χ0v) is 10.1. The Bertz CT molecular complexity index is 784. The highest BCUT2D eigenvalue weighted by Crippen LogP contribution is 2.20. The van der Waals surface area contributed by atoms with Crippen molar-refractivity contribution in [3.63, 3.8) is 0 Å². The Labute approximate surface area is 106 Å². The average molecular weight is 284 g/mol. The first-order valence-corrected chi connectivity index (χ1v) is 6.36. The van der Waals surface area contributed by atoms with Gasteiger partial charge >= 0.3 is 5.97 Å². The second-order valence-corrected chi connectivity index (χ2v) is 5.06. The van der Waals surface area contributed by atoms with Crippen molar-refractivity contribution in [2.45, 2.75) is 4.90 Å². The van der Waals surface area contributed by atoms with Crippen LogP contribution < -0.4 is 5.56 Å². The summed E-state index contributed by atoms with van der Waals surface area (Å²) in [5.74, 6) is -1.33. The van der Waals surface area contributed by atoms with Crippen molar-refractivity contribution in [1.82, 2.24) is 10.2 Å². The van der Waals surface area contributed by atoms with Gasteiger partial charge in [-0.1, -0.05) is 12.1 Å². The summed E-state index contributed by atoms with van der Waals surface area (Å²) >= 11 is 0. The Balaban J connectivity index is 2.58. The zero-order valence-electron chi connectivity index (χ0n) is 9.25. The monoisotopic (exact) mass is 284 g/mol. The van der Waals surface area contributed by atoms with Crippen molar-refractivity contribution in [1.29, 1.82) is 0 Å². The molecule has 19 heavy (non-hydrogen) atoms. The molecule has 2 aromatic rings. The first-order chi connectivity index (χ1) is 8.80. The van der Waals surface area contributed by atoms with E-state index in [0.29, 0.717) is 0 Å². The van der Waals surface area contributed by atoms with Crippen LogP contribution in [0.4, 0.5) is 0 Å². The van der Waals surface area contributed by atoms with E-state index in [9.17, 15) is 18.0 Å². The van der Waals surface area contributed by atoms with Gasteiger partial charge in [0, 0.05) is 0 Å². The summed E-state index contributed by atoms with van der Waals surface area (Å²) in [7, 11) is -4.34. The largest absolute Gasteiger partial charge is 0.477 e. The lowest BCUT2D eigenvalue weighted by atomic mass is 10.1. The molecule has 0 unspecified atom stereocenters. The normalized spacial score (nSPS) is 11.4. The third-order valence-corrected chi connectivity index (χ3v) is 3.30. The first kappa shape index (κ1) is 13.1. The summed E-state index contributed by atoms with van der Waals surface area (Å²) in [6.07, 6.45) is 0. The average Bonchev–Trinajstić information content (AvgIpc) is 2.70. The zero-order chi connectivity index (χ0) is 14.2. The maximum Gasteiger partial charge on any atom is 0.354 e. The van der Waals surface area contributed by atoms with Crippen LogP contribution in [0.5, 0.6) is 0 Å². The van der Waals surface area contributed by atoms with E-state index in [1.807, 2.05) is 0 Å². The quantitative estimate of drug-likeness (QED) is 0.598. The Hall–Kier alpha value is -2.39. The van der Waals surface area contributed by atoms with Crippen LogP contribution in [-0.2, 0) is 10.1 Å². The lowest BCUT2D eigenvalue weighted by molar-refractivity contribution is 0.0691. The minimum Gasteiger partial charge on any atom is -0.477 e. The number of hydrogen-bond acceptors (Lipinski definition) is 4. The van der Waals surface area contributed by atoms with Crippen LogP contribution in [-0.4, -0.2) is 34.2 Å². The number of nitrogens with one attached hydrogen (secondary N) is 2. The highest BCUT2D eigenvalue weighted by molar-refractivity contribution is 7.85. The second kappa shape index (κ2) is 4.37. The minimum absolute atomic E-state index is 0.116. The smallest absolute Gasteiger partial charge is 0.354 e. The van der Waals surface area contributed by atoms with Gasteiger partial charge in [-0.15, -0.1) is 0 Å². The predicted octanol–water partition coefficient (Wildman–Crippen LogP) is 0.315. The lowest BCUT2D eigenvalue weighted by Crippen LogP contribution is -2.05. The van der Waals surface area contributed by atoms with E-state index in [-0.39, 0.29) is 21.7 Å². The van der Waals surface area contributed by atoms with Gasteiger partial charge in [-0.2, -0.15) is 8.42 Å². The molecule has 1 aromatic heterocycles. The number of H-pyrrole nitrogens is 2. The molecular weight excluding hydrogens is 276 g/mol. The number of carboxylic acid groups (broad SMARTS) is 1. The summed E-state index contributed by atoms with van der Waals surface area (Å²) in [6, 6.07) is 4.60. The number of aromatic amines is 2. The van der Waals surface area contributed by atoms with Gasteiger partial charge in [0.2, 0.25) is 0 Å². The number of aromatic nitrogens is 2. The summed E-state index contributed by atoms with van der Waals surface area (Å²) in [5.41, 5.74) is -0.872. The van der Waals surface area contributed by atoms with Gasteiger partial charge in [0.05, 0.1) is 10.5 Å². The van der Waals surface area contributed by atoms with E-state index in [1.165, 1.54) is 12.1 Å². The van der Waals surface area contributed by atoms with Crippen LogP contribution in [0.15, 0.2) is 34.0 Å². The van der Waals surface area contributed by atoms with Crippen LogP contribution in [0.3, 0.4) is 0 Å². The second-order valence-electron chi connectivity index (χ2n) is 3.63. The van der Waals surface area contributed by atoms with Gasteiger partial charge in [-0.3, -0.25) is 19.5 Å². The maximum atomic E-state index is 11.5. The Kier molecular flexibility index (Phi) is 3.00. The SMILES string of the molecule is O=C(O)c1[nH][nH]c(=O)c1-c1ccc(S(=O)(=O)O)cc1. The molecule has 4 N–H and O–H groups in total. The molecule has 2 rings (SSSR count). The molecule has 0 radical (unpaired) electrons. The Morgan fingerprint density at radius 2 is 1.68 bits per heavy atom. The molecule has 0 saturated carbocycles. The highest BCUT2D eigenvalue weighted by atomic mass is 32.2. The number of hydrogen-bond donors (Lipinski definition) is 4. The van der Waals surface area contributed by atoms with Crippen LogP contribution in [0, 0.1) is 0 Å². The topological polar surface area (TPSA) is 140 Å². The summed E-state index contributed by atoms with van der Waals surface area (Å²) in [5, 5.41) is 13.2. The van der Waals surface area contributed by atoms with Crippen LogP contribution >= 0.6 is 0 Å². The maximum absolute atomic E-state index is 11.5. The molecule has 9 heteroatoms. The van der Waals surface area contributed by atoms with Crippen molar-refractivity contribution in [3.05, 3.63) is 40.3 Å². The number of carboxylic acids is 1. The van der Waals surface area contributed by atoms with Crippen molar-refractivity contribution < 1.29 is 22.9 Å². The standard InChI is InChI=1S/C10H8N2O6S/c13-9-7(8(10(14)15)11-12-9)5-1-3-6(4-2-5)19(16,17)18/h1-4H,(H,14,15)(H2,11,12,13)(H,16,17,18). The first-order valence-electron chi connectivity index (χ1n) is 4.92. The summed E-state index contributed by atoms with van der Waals surface area (Å²) < 4.78 is 30.5. The molecule has 1 aromatic carbocycles. The molecule has 0 spiro atoms. The fraction of sp³-hybridized carbons (Fsp3) is 0. The number of benzene rings is 1. The molecule has 0 aliphatic carbocycles. The highest BCUT2D eigenvalue weighted by Gasteiger charge is 2.18. The molecule has 0 amide bonds.